The van der Waals surface area contributed by atoms with Crippen molar-refractivity contribution in [3.8, 4) is 5.75 Å². The largest absolute Gasteiger partial charge is 0.489 e. The van der Waals surface area contributed by atoms with Crippen LogP contribution in [0.2, 0.25) is 0 Å². The molecule has 0 radical (unpaired) electrons. The third-order valence-corrected chi connectivity index (χ3v) is 4.06. The third-order valence-electron chi connectivity index (χ3n) is 4.06. The van der Waals surface area contributed by atoms with Crippen molar-refractivity contribution in [2.75, 3.05) is 26.2 Å². The van der Waals surface area contributed by atoms with Crippen molar-refractivity contribution in [3.05, 3.63) is 29.8 Å². The second kappa shape index (κ2) is 8.03. The van der Waals surface area contributed by atoms with Crippen LogP contribution in [0.4, 0.5) is 4.79 Å². The minimum atomic E-state index is -0.0818. The Bertz CT molecular complexity index is 467. The minimum Gasteiger partial charge on any atom is -0.489 e. The van der Waals surface area contributed by atoms with Crippen LogP contribution in [0.3, 0.4) is 0 Å². The highest BCUT2D eigenvalue weighted by atomic mass is 16.5. The van der Waals surface area contributed by atoms with E-state index in [1.165, 1.54) is 5.56 Å². The van der Waals surface area contributed by atoms with Gasteiger partial charge in [-0.3, -0.25) is 0 Å². The molecule has 2 N–H and O–H groups in total. The zero-order valence-electron chi connectivity index (χ0n) is 13.4. The van der Waals surface area contributed by atoms with Crippen LogP contribution in [0.15, 0.2) is 24.3 Å². The van der Waals surface area contributed by atoms with Crippen molar-refractivity contribution in [1.82, 2.24) is 10.2 Å². The van der Waals surface area contributed by atoms with E-state index in [4.69, 9.17) is 9.84 Å². The number of aryl methyl sites for hydroxylation is 1. The van der Waals surface area contributed by atoms with Gasteiger partial charge in [0, 0.05) is 19.7 Å². The number of rotatable bonds is 5. The molecule has 0 bridgehead atoms. The highest BCUT2D eigenvalue weighted by molar-refractivity contribution is 5.74. The van der Waals surface area contributed by atoms with Crippen molar-refractivity contribution < 1.29 is 14.6 Å². The fraction of sp³-hybridized carbons (Fsp3) is 0.588. The van der Waals surface area contributed by atoms with E-state index in [1.54, 1.807) is 0 Å². The van der Waals surface area contributed by atoms with Crippen molar-refractivity contribution in [1.29, 1.82) is 0 Å². The molecule has 5 heteroatoms. The summed E-state index contributed by atoms with van der Waals surface area (Å²) in [5, 5.41) is 12.0. The summed E-state index contributed by atoms with van der Waals surface area (Å²) in [6.07, 6.45) is 1.67. The summed E-state index contributed by atoms with van der Waals surface area (Å²) in [5.74, 6) is 1.16. The van der Waals surface area contributed by atoms with Crippen molar-refractivity contribution >= 4 is 6.03 Å². The number of carbonyl (C=O) groups excluding carboxylic acids is 1. The Hall–Kier alpha value is -1.75. The molecule has 1 aromatic rings. The summed E-state index contributed by atoms with van der Waals surface area (Å²) in [7, 11) is 0. The second-order valence-corrected chi connectivity index (χ2v) is 6.04. The molecule has 5 nitrogen and oxygen atoms in total. The number of aliphatic hydroxyl groups excluding tert-OH is 1. The van der Waals surface area contributed by atoms with Crippen molar-refractivity contribution in [2.24, 2.45) is 5.92 Å². The summed E-state index contributed by atoms with van der Waals surface area (Å²) >= 11 is 0. The molecule has 1 aliphatic rings. The van der Waals surface area contributed by atoms with Crippen molar-refractivity contribution in [3.63, 3.8) is 0 Å². The number of amides is 2. The van der Waals surface area contributed by atoms with Gasteiger partial charge in [-0.25, -0.2) is 4.79 Å². The highest BCUT2D eigenvalue weighted by Gasteiger charge is 2.22. The van der Waals surface area contributed by atoms with Gasteiger partial charge in [-0.2, -0.15) is 0 Å². The molecular weight excluding hydrogens is 280 g/mol. The number of nitrogens with one attached hydrogen (secondary N) is 1. The first-order valence-electron chi connectivity index (χ1n) is 7.95. The molecule has 1 saturated heterocycles. The van der Waals surface area contributed by atoms with E-state index in [0.29, 0.717) is 25.6 Å². The van der Waals surface area contributed by atoms with Crippen LogP contribution in [0.1, 0.15) is 25.3 Å². The van der Waals surface area contributed by atoms with Gasteiger partial charge >= 0.3 is 6.03 Å². The van der Waals surface area contributed by atoms with Crippen LogP contribution < -0.4 is 10.1 Å². The molecule has 1 atom stereocenters. The van der Waals surface area contributed by atoms with Crippen molar-refractivity contribution in [2.45, 2.75) is 32.8 Å². The number of piperidine rings is 1. The molecule has 2 rings (SSSR count). The van der Waals surface area contributed by atoms with Crippen LogP contribution in [0.5, 0.6) is 5.75 Å². The van der Waals surface area contributed by atoms with Gasteiger partial charge in [0.15, 0.2) is 0 Å². The Kier molecular flexibility index (Phi) is 6.07. The maximum absolute atomic E-state index is 12.1. The van der Waals surface area contributed by atoms with E-state index in [9.17, 15) is 4.79 Å². The summed E-state index contributed by atoms with van der Waals surface area (Å²) < 4.78 is 5.78. The number of hydrogen-bond acceptors (Lipinski definition) is 3. The second-order valence-electron chi connectivity index (χ2n) is 6.04. The van der Waals surface area contributed by atoms with Gasteiger partial charge in [-0.05, 0) is 44.7 Å². The number of ether oxygens (including phenoxy) is 1. The first-order valence-corrected chi connectivity index (χ1v) is 7.95. The molecule has 1 aromatic carbocycles. The van der Waals surface area contributed by atoms with E-state index >= 15 is 0 Å². The monoisotopic (exact) mass is 306 g/mol. The molecule has 0 aliphatic carbocycles. The number of benzene rings is 1. The fourth-order valence-corrected chi connectivity index (χ4v) is 2.55. The lowest BCUT2D eigenvalue weighted by Gasteiger charge is -2.31. The van der Waals surface area contributed by atoms with Gasteiger partial charge in [0.1, 0.15) is 11.9 Å². The van der Waals surface area contributed by atoms with Crippen LogP contribution in [0, 0.1) is 12.8 Å². The summed E-state index contributed by atoms with van der Waals surface area (Å²) in [5.41, 5.74) is 1.19. The lowest BCUT2D eigenvalue weighted by atomic mass is 9.98. The molecule has 1 heterocycles. The summed E-state index contributed by atoms with van der Waals surface area (Å²) in [6, 6.07) is 7.84. The first-order chi connectivity index (χ1) is 10.6. The molecule has 2 amide bonds. The van der Waals surface area contributed by atoms with Gasteiger partial charge < -0.3 is 20.1 Å². The molecule has 0 spiro atoms. The van der Waals surface area contributed by atoms with E-state index in [-0.39, 0.29) is 18.7 Å². The Morgan fingerprint density at radius 2 is 2.00 bits per heavy atom. The number of aliphatic hydroxyl groups is 1. The third kappa shape index (κ3) is 4.91. The predicted octanol–water partition coefficient (Wildman–Crippen LogP) is 2.18. The fourth-order valence-electron chi connectivity index (χ4n) is 2.55. The topological polar surface area (TPSA) is 61.8 Å². The normalized spacial score (nSPS) is 17.1. The number of hydrogen-bond donors (Lipinski definition) is 2. The quantitative estimate of drug-likeness (QED) is 0.876. The maximum atomic E-state index is 12.1. The zero-order valence-corrected chi connectivity index (χ0v) is 13.4. The standard InChI is InChI=1S/C17H26N2O3/c1-13-3-5-16(6-4-13)22-14(2)11-18-17(21)19-9-7-15(12-20)8-10-19/h3-6,14-15,20H,7-12H2,1-2H3,(H,18,21)/t14-/m0/s1. The minimum absolute atomic E-state index is 0.0456. The molecule has 0 aromatic heterocycles. The zero-order chi connectivity index (χ0) is 15.9. The van der Waals surface area contributed by atoms with Gasteiger partial charge in [-0.1, -0.05) is 17.7 Å². The summed E-state index contributed by atoms with van der Waals surface area (Å²) in [4.78, 5) is 13.9. The van der Waals surface area contributed by atoms with E-state index in [0.717, 1.165) is 18.6 Å². The Morgan fingerprint density at radius 1 is 1.36 bits per heavy atom. The maximum Gasteiger partial charge on any atom is 0.317 e. The highest BCUT2D eigenvalue weighted by Crippen LogP contribution is 2.16. The smallest absolute Gasteiger partial charge is 0.317 e. The number of nitrogens with zero attached hydrogens (tertiary/aromatic N) is 1. The SMILES string of the molecule is Cc1ccc(O[C@@H](C)CNC(=O)N2CCC(CO)CC2)cc1. The number of urea groups is 1. The molecule has 22 heavy (non-hydrogen) atoms. The van der Waals surface area contributed by atoms with E-state index < -0.39 is 0 Å². The Balaban J connectivity index is 1.70. The predicted molar refractivity (Wildman–Crippen MR) is 86.1 cm³/mol. The number of carbonyl (C=O) groups is 1. The van der Waals surface area contributed by atoms with Gasteiger partial charge in [0.05, 0.1) is 6.54 Å². The molecule has 1 aliphatic heterocycles. The van der Waals surface area contributed by atoms with E-state index in [2.05, 4.69) is 5.32 Å². The van der Waals surface area contributed by atoms with Crippen LogP contribution in [-0.2, 0) is 0 Å². The first kappa shape index (κ1) is 16.6. The van der Waals surface area contributed by atoms with Gasteiger partial charge in [-0.15, -0.1) is 0 Å². The Morgan fingerprint density at radius 3 is 2.59 bits per heavy atom. The molecule has 1 fully saturated rings. The van der Waals surface area contributed by atoms with Crippen LogP contribution in [0.25, 0.3) is 0 Å². The molecular formula is C17H26N2O3. The summed E-state index contributed by atoms with van der Waals surface area (Å²) in [6.45, 7) is 6.10. The van der Waals surface area contributed by atoms with E-state index in [1.807, 2.05) is 43.0 Å². The van der Waals surface area contributed by atoms with Gasteiger partial charge in [0.2, 0.25) is 0 Å². The van der Waals surface area contributed by atoms with Gasteiger partial charge in [0.25, 0.3) is 0 Å². The van der Waals surface area contributed by atoms with Crippen LogP contribution in [-0.4, -0.2) is 48.4 Å². The lowest BCUT2D eigenvalue weighted by molar-refractivity contribution is 0.134. The Labute approximate surface area is 132 Å². The number of likely N-dealkylation sites (tertiary alicyclic amines) is 1. The average Bonchev–Trinajstić information content (AvgIpc) is 2.55. The molecule has 0 saturated carbocycles. The van der Waals surface area contributed by atoms with Crippen LogP contribution >= 0.6 is 0 Å². The average molecular weight is 306 g/mol. The lowest BCUT2D eigenvalue weighted by Crippen LogP contribution is -2.47. The molecule has 122 valence electrons. The molecule has 0 unspecified atom stereocenters.